The van der Waals surface area contributed by atoms with Gasteiger partial charge in [-0.1, -0.05) is 0 Å². The van der Waals surface area contributed by atoms with Gasteiger partial charge in [0, 0.05) is 0 Å². The standard InChI is InChI=1S/C2H5O5P.FH/c3-2(4)1-8(5,6)7;/h1H2,(H,3,4)(H2,5,6,7);1H. The quantitative estimate of drug-likeness (QED) is 0.469. The van der Waals surface area contributed by atoms with Crippen molar-refractivity contribution in [3.8, 4) is 0 Å². The van der Waals surface area contributed by atoms with Crippen molar-refractivity contribution in [2.75, 3.05) is 6.16 Å². The van der Waals surface area contributed by atoms with E-state index in [2.05, 4.69) is 0 Å². The third-order valence-electron chi connectivity index (χ3n) is 0.341. The highest BCUT2D eigenvalue weighted by atomic mass is 31.2. The first-order chi connectivity index (χ1) is 3.42. The van der Waals surface area contributed by atoms with Crippen molar-refractivity contribution in [3.05, 3.63) is 0 Å². The molecule has 0 radical (unpaired) electrons. The second-order valence-corrected chi connectivity index (χ2v) is 2.86. The van der Waals surface area contributed by atoms with Crippen molar-refractivity contribution in [3.63, 3.8) is 0 Å². The van der Waals surface area contributed by atoms with Crippen LogP contribution >= 0.6 is 7.60 Å². The molecule has 0 aliphatic rings. The lowest BCUT2D eigenvalue weighted by molar-refractivity contribution is -0.134. The van der Waals surface area contributed by atoms with Crippen molar-refractivity contribution in [2.24, 2.45) is 0 Å². The topological polar surface area (TPSA) is 94.8 Å². The second kappa shape index (κ2) is 3.55. The van der Waals surface area contributed by atoms with E-state index in [1.54, 1.807) is 0 Å². The summed E-state index contributed by atoms with van der Waals surface area (Å²) in [5.41, 5.74) is 0. The highest BCUT2D eigenvalue weighted by molar-refractivity contribution is 7.52. The minimum Gasteiger partial charge on any atom is -0.481 e. The van der Waals surface area contributed by atoms with Gasteiger partial charge in [0.05, 0.1) is 0 Å². The fourth-order valence-corrected chi connectivity index (χ4v) is 0.529. The molecule has 0 fully saturated rings. The maximum absolute atomic E-state index is 9.76. The third kappa shape index (κ3) is 11.2. The molecule has 0 heterocycles. The Morgan fingerprint density at radius 3 is 1.78 bits per heavy atom. The molecule has 0 aliphatic heterocycles. The largest absolute Gasteiger partial charge is 0.481 e. The molecule has 0 atom stereocenters. The minimum atomic E-state index is -4.32. The van der Waals surface area contributed by atoms with Gasteiger partial charge < -0.3 is 14.9 Å². The zero-order chi connectivity index (χ0) is 6.78. The number of hydrogen-bond donors (Lipinski definition) is 3. The van der Waals surface area contributed by atoms with Gasteiger partial charge in [-0.3, -0.25) is 14.1 Å². The smallest absolute Gasteiger partial charge is 0.336 e. The summed E-state index contributed by atoms with van der Waals surface area (Å²) in [6.45, 7) is 0. The van der Waals surface area contributed by atoms with Crippen LogP contribution in [0.1, 0.15) is 0 Å². The molecule has 0 bridgehead atoms. The molecule has 0 rings (SSSR count). The van der Waals surface area contributed by atoms with Gasteiger partial charge in [0.15, 0.2) is 0 Å². The summed E-state index contributed by atoms with van der Waals surface area (Å²) in [6, 6.07) is 0. The van der Waals surface area contributed by atoms with Crippen LogP contribution in [-0.4, -0.2) is 27.0 Å². The lowest BCUT2D eigenvalue weighted by Gasteiger charge is -1.95. The van der Waals surface area contributed by atoms with E-state index in [0.717, 1.165) is 0 Å². The van der Waals surface area contributed by atoms with Crippen LogP contribution in [0.15, 0.2) is 0 Å². The molecule has 7 heteroatoms. The Morgan fingerprint density at radius 1 is 1.44 bits per heavy atom. The lowest BCUT2D eigenvalue weighted by Crippen LogP contribution is -2.01. The van der Waals surface area contributed by atoms with Gasteiger partial charge in [-0.15, -0.1) is 0 Å². The minimum absolute atomic E-state index is 0. The molecule has 56 valence electrons. The van der Waals surface area contributed by atoms with Crippen molar-refractivity contribution in [1.82, 2.24) is 0 Å². The van der Waals surface area contributed by atoms with Gasteiger partial charge in [0.1, 0.15) is 6.16 Å². The first kappa shape index (κ1) is 11.4. The molecule has 5 nitrogen and oxygen atoms in total. The summed E-state index contributed by atoms with van der Waals surface area (Å²) in [5.74, 6) is -1.49. The molecular weight excluding hydrogens is 154 g/mol. The van der Waals surface area contributed by atoms with Crippen molar-refractivity contribution in [2.45, 2.75) is 0 Å². The van der Waals surface area contributed by atoms with Crippen LogP contribution < -0.4 is 0 Å². The van der Waals surface area contributed by atoms with Gasteiger partial charge in [-0.05, 0) is 0 Å². The number of aliphatic carboxylic acids is 1. The first-order valence-corrected chi connectivity index (χ1v) is 3.48. The molecule has 0 saturated heterocycles. The highest BCUT2D eigenvalue weighted by Crippen LogP contribution is 2.33. The first-order valence-electron chi connectivity index (χ1n) is 1.68. The number of carboxylic acid groups (broad SMARTS) is 1. The molecular formula is C2H6FO5P. The zero-order valence-corrected chi connectivity index (χ0v) is 5.12. The van der Waals surface area contributed by atoms with Crippen LogP contribution in [0.25, 0.3) is 0 Å². The number of carbonyl (C=O) groups is 1. The second-order valence-electron chi connectivity index (χ2n) is 1.22. The van der Waals surface area contributed by atoms with Gasteiger partial charge in [0.2, 0.25) is 0 Å². The maximum atomic E-state index is 9.76. The average Bonchev–Trinajstić information content (AvgIpc) is 1.21. The predicted molar refractivity (Wildman–Crippen MR) is 27.0 cm³/mol. The third-order valence-corrected chi connectivity index (χ3v) is 1.02. The number of halogens is 1. The van der Waals surface area contributed by atoms with E-state index < -0.39 is 19.7 Å². The molecule has 0 saturated carbocycles. The Hall–Kier alpha value is -0.450. The summed E-state index contributed by atoms with van der Waals surface area (Å²) in [4.78, 5) is 25.4. The maximum Gasteiger partial charge on any atom is 0.336 e. The molecule has 0 amide bonds. The van der Waals surface area contributed by atoms with Gasteiger partial charge in [-0.2, -0.15) is 0 Å². The lowest BCUT2D eigenvalue weighted by atomic mass is 10.8. The fraction of sp³-hybridized carbons (Fsp3) is 0.500. The Bertz CT molecular complexity index is 138. The molecule has 0 spiro atoms. The molecule has 0 aliphatic carbocycles. The van der Waals surface area contributed by atoms with Crippen molar-refractivity contribution >= 4 is 13.6 Å². The predicted octanol–water partition coefficient (Wildman–Crippen LogP) is -0.599. The van der Waals surface area contributed by atoms with E-state index in [-0.39, 0.29) is 4.70 Å². The van der Waals surface area contributed by atoms with E-state index >= 15 is 0 Å². The van der Waals surface area contributed by atoms with Crippen LogP contribution in [-0.2, 0) is 9.36 Å². The zero-order valence-electron chi connectivity index (χ0n) is 4.22. The number of carboxylic acids is 1. The Morgan fingerprint density at radius 2 is 1.78 bits per heavy atom. The summed E-state index contributed by atoms with van der Waals surface area (Å²) in [5, 5.41) is 7.76. The molecule has 9 heavy (non-hydrogen) atoms. The monoisotopic (exact) mass is 160 g/mol. The summed E-state index contributed by atoms with van der Waals surface area (Å²) in [7, 11) is -4.32. The molecule has 0 aromatic heterocycles. The SMILES string of the molecule is F.O=C(O)CP(=O)(O)O. The molecule has 0 aromatic rings. The Labute approximate surface area is 49.8 Å². The summed E-state index contributed by atoms with van der Waals surface area (Å²) < 4.78 is 9.76. The molecule has 0 aromatic carbocycles. The van der Waals surface area contributed by atoms with Crippen molar-refractivity contribution < 1.29 is 29.0 Å². The number of hydrogen-bond acceptors (Lipinski definition) is 2. The van der Waals surface area contributed by atoms with Gasteiger partial charge >= 0.3 is 13.6 Å². The van der Waals surface area contributed by atoms with Crippen LogP contribution in [0.5, 0.6) is 0 Å². The van der Waals surface area contributed by atoms with Crippen LogP contribution in [0, 0.1) is 0 Å². The Kier molecular flexibility index (Phi) is 4.48. The molecule has 0 unspecified atom stereocenters. The number of rotatable bonds is 2. The van der Waals surface area contributed by atoms with E-state index in [1.807, 2.05) is 0 Å². The summed E-state index contributed by atoms with van der Waals surface area (Å²) >= 11 is 0. The molecule has 3 N–H and O–H groups in total. The highest BCUT2D eigenvalue weighted by Gasteiger charge is 2.17. The van der Waals surface area contributed by atoms with Crippen LogP contribution in [0.3, 0.4) is 0 Å². The Balaban J connectivity index is 0. The van der Waals surface area contributed by atoms with E-state index in [9.17, 15) is 9.36 Å². The van der Waals surface area contributed by atoms with E-state index in [1.165, 1.54) is 0 Å². The average molecular weight is 160 g/mol. The normalized spacial score (nSPS) is 10.0. The van der Waals surface area contributed by atoms with Crippen LogP contribution in [0.2, 0.25) is 0 Å². The van der Waals surface area contributed by atoms with Crippen molar-refractivity contribution in [1.29, 1.82) is 0 Å². The van der Waals surface area contributed by atoms with E-state index in [0.29, 0.717) is 0 Å². The van der Waals surface area contributed by atoms with Gasteiger partial charge in [-0.25, -0.2) is 0 Å². The fourth-order valence-electron chi connectivity index (χ4n) is 0.176. The summed E-state index contributed by atoms with van der Waals surface area (Å²) in [6.07, 6.45) is -1.09. The van der Waals surface area contributed by atoms with Gasteiger partial charge in [0.25, 0.3) is 0 Å². The van der Waals surface area contributed by atoms with E-state index in [4.69, 9.17) is 14.9 Å². The van der Waals surface area contributed by atoms with Crippen LogP contribution in [0.4, 0.5) is 4.70 Å².